The smallest absolute Gasteiger partial charge is 0.407 e. The van der Waals surface area contributed by atoms with Gasteiger partial charge in [0.1, 0.15) is 48.8 Å². The summed E-state index contributed by atoms with van der Waals surface area (Å²) < 4.78 is 21.8. The van der Waals surface area contributed by atoms with Gasteiger partial charge < -0.3 is 75.1 Å². The number of aliphatic hydroxyl groups is 8. The highest BCUT2D eigenvalue weighted by Gasteiger charge is 2.45. The summed E-state index contributed by atoms with van der Waals surface area (Å²) >= 11 is 0. The fourth-order valence-corrected chi connectivity index (χ4v) is 5.26. The van der Waals surface area contributed by atoms with E-state index in [9.17, 15) is 55.5 Å². The molecule has 2 fully saturated rings. The van der Waals surface area contributed by atoms with E-state index in [1.165, 1.54) is 4.90 Å². The number of carbonyl (C=O) groups excluding carboxylic acids is 1. The van der Waals surface area contributed by atoms with Gasteiger partial charge in [-0.3, -0.25) is 4.79 Å². The van der Waals surface area contributed by atoms with Crippen LogP contribution in [0.15, 0.2) is 30.3 Å². The molecule has 1 aromatic rings. The predicted octanol–water partition coefficient (Wildman–Crippen LogP) is -2.77. The predicted molar refractivity (Wildman–Crippen MR) is 159 cm³/mol. The lowest BCUT2D eigenvalue weighted by molar-refractivity contribution is -0.304. The van der Waals surface area contributed by atoms with E-state index < -0.39 is 86.8 Å². The third kappa shape index (κ3) is 11.6. The summed E-state index contributed by atoms with van der Waals surface area (Å²) in [6.07, 6.45) is -14.3. The number of nitrogens with zero attached hydrogens (tertiary/aromatic N) is 1. The van der Waals surface area contributed by atoms with Gasteiger partial charge in [0, 0.05) is 19.5 Å². The molecule has 2 saturated heterocycles. The summed E-state index contributed by atoms with van der Waals surface area (Å²) in [5.41, 5.74) is 0.863. The molecule has 2 amide bonds. The van der Waals surface area contributed by atoms with Crippen molar-refractivity contribution in [2.75, 3.05) is 33.0 Å². The molecular weight excluding hydrogens is 628 g/mol. The number of nitrogens with one attached hydrogen (secondary N) is 1. The van der Waals surface area contributed by atoms with Gasteiger partial charge in [0.15, 0.2) is 12.6 Å². The first kappa shape index (κ1) is 38.9. The third-order valence-electron chi connectivity index (χ3n) is 8.09. The highest BCUT2D eigenvalue weighted by atomic mass is 16.7. The van der Waals surface area contributed by atoms with Gasteiger partial charge >= 0.3 is 6.09 Å². The molecule has 2 heterocycles. The number of rotatable bonds is 18. The van der Waals surface area contributed by atoms with Crippen LogP contribution >= 0.6 is 0 Å². The number of hydrogen-bond acceptors (Lipinski definition) is 14. The molecule has 0 unspecified atom stereocenters. The van der Waals surface area contributed by atoms with E-state index in [1.54, 1.807) is 0 Å². The van der Waals surface area contributed by atoms with Crippen LogP contribution in [0.1, 0.15) is 37.7 Å². The van der Waals surface area contributed by atoms with Crippen molar-refractivity contribution in [1.29, 1.82) is 0 Å². The van der Waals surface area contributed by atoms with Crippen LogP contribution in [0.5, 0.6) is 0 Å². The van der Waals surface area contributed by atoms with Crippen LogP contribution in [0.2, 0.25) is 0 Å². The van der Waals surface area contributed by atoms with Crippen molar-refractivity contribution in [2.24, 2.45) is 0 Å². The molecule has 268 valence electrons. The maximum atomic E-state index is 12.8. The lowest BCUT2D eigenvalue weighted by Crippen LogP contribution is -2.59. The fraction of sp³-hybridized carbons (Fsp3) is 0.733. The van der Waals surface area contributed by atoms with Crippen LogP contribution in [0.25, 0.3) is 0 Å². The largest absolute Gasteiger partial charge is 0.465 e. The summed E-state index contributed by atoms with van der Waals surface area (Å²) in [6.45, 7) is -1.21. The van der Waals surface area contributed by atoms with Gasteiger partial charge in [-0.15, -0.1) is 0 Å². The molecule has 0 bridgehead atoms. The van der Waals surface area contributed by atoms with Gasteiger partial charge in [-0.1, -0.05) is 36.8 Å². The second-order valence-electron chi connectivity index (χ2n) is 11.7. The molecule has 47 heavy (non-hydrogen) atoms. The number of unbranched alkanes of at least 4 members (excludes halogenated alkanes) is 2. The number of carbonyl (C=O) groups is 2. The number of ether oxygens (including phenoxy) is 4. The zero-order valence-corrected chi connectivity index (χ0v) is 25.9. The third-order valence-corrected chi connectivity index (χ3v) is 8.09. The molecule has 11 atom stereocenters. The average Bonchev–Trinajstić information content (AvgIpc) is 3.06. The molecule has 3 rings (SSSR count). The zero-order valence-electron chi connectivity index (χ0n) is 25.9. The second-order valence-corrected chi connectivity index (χ2v) is 11.7. The van der Waals surface area contributed by atoms with E-state index in [-0.39, 0.29) is 45.1 Å². The van der Waals surface area contributed by atoms with Crippen molar-refractivity contribution in [1.82, 2.24) is 10.2 Å². The summed E-state index contributed by atoms with van der Waals surface area (Å²) in [4.78, 5) is 25.8. The maximum absolute atomic E-state index is 12.8. The Hall–Kier alpha value is -2.52. The SMILES string of the molecule is O=C(CCCCCN(Cc1ccccc1)C(=O)O)N[C@@H](CCO[C@H]1O[C@H](CO)[C@@H](O)[C@H](O)[C@@H]1O)CO[C@H]1O[C@H](CO)[C@@H](O)[C@H](O)[C@@H]1O. The zero-order chi connectivity index (χ0) is 34.5. The van der Waals surface area contributed by atoms with E-state index in [2.05, 4.69) is 5.32 Å². The monoisotopic (exact) mass is 676 g/mol. The minimum Gasteiger partial charge on any atom is -0.465 e. The van der Waals surface area contributed by atoms with E-state index in [0.717, 1.165) is 5.56 Å². The van der Waals surface area contributed by atoms with Gasteiger partial charge in [-0.05, 0) is 24.8 Å². The molecule has 0 saturated carbocycles. The van der Waals surface area contributed by atoms with Crippen molar-refractivity contribution >= 4 is 12.0 Å². The highest BCUT2D eigenvalue weighted by molar-refractivity contribution is 5.76. The molecule has 10 N–H and O–H groups in total. The van der Waals surface area contributed by atoms with Crippen LogP contribution in [0.3, 0.4) is 0 Å². The highest BCUT2D eigenvalue weighted by Crippen LogP contribution is 2.24. The van der Waals surface area contributed by atoms with Gasteiger partial charge in [-0.2, -0.15) is 0 Å². The Morgan fingerprint density at radius 2 is 1.36 bits per heavy atom. The van der Waals surface area contributed by atoms with Gasteiger partial charge in [0.05, 0.1) is 32.5 Å². The topological polar surface area (TPSA) is 268 Å². The first-order valence-electron chi connectivity index (χ1n) is 15.6. The quantitative estimate of drug-likeness (QED) is 0.0706. The number of hydrogen-bond donors (Lipinski definition) is 10. The molecule has 0 aromatic heterocycles. The molecule has 2 aliphatic heterocycles. The number of aliphatic hydroxyl groups excluding tert-OH is 8. The van der Waals surface area contributed by atoms with Crippen LogP contribution in [0, 0.1) is 0 Å². The van der Waals surface area contributed by atoms with E-state index in [0.29, 0.717) is 19.3 Å². The Balaban J connectivity index is 1.51. The maximum Gasteiger partial charge on any atom is 0.407 e. The van der Waals surface area contributed by atoms with E-state index >= 15 is 0 Å². The molecule has 0 aliphatic carbocycles. The number of carboxylic acid groups (broad SMARTS) is 1. The summed E-state index contributed by atoms with van der Waals surface area (Å²) in [5, 5.41) is 91.7. The first-order valence-corrected chi connectivity index (χ1v) is 15.6. The van der Waals surface area contributed by atoms with Crippen LogP contribution in [-0.2, 0) is 30.3 Å². The fourth-order valence-electron chi connectivity index (χ4n) is 5.26. The van der Waals surface area contributed by atoms with Crippen LogP contribution in [-0.4, -0.2) is 163 Å². The summed E-state index contributed by atoms with van der Waals surface area (Å²) in [6, 6.07) is 8.40. The van der Waals surface area contributed by atoms with Crippen molar-refractivity contribution in [3.8, 4) is 0 Å². The number of benzene rings is 1. The van der Waals surface area contributed by atoms with Crippen molar-refractivity contribution < 1.29 is 74.5 Å². The molecule has 1 aromatic carbocycles. The van der Waals surface area contributed by atoms with Crippen LogP contribution < -0.4 is 5.32 Å². The molecule has 17 heteroatoms. The van der Waals surface area contributed by atoms with Crippen molar-refractivity contribution in [2.45, 2.75) is 106 Å². The van der Waals surface area contributed by atoms with Crippen LogP contribution in [0.4, 0.5) is 4.79 Å². The van der Waals surface area contributed by atoms with E-state index in [1.807, 2.05) is 30.3 Å². The van der Waals surface area contributed by atoms with Gasteiger partial charge in [0.25, 0.3) is 0 Å². The molecule has 0 spiro atoms. The molecule has 2 aliphatic rings. The lowest BCUT2D eigenvalue weighted by atomic mass is 9.99. The van der Waals surface area contributed by atoms with E-state index in [4.69, 9.17) is 18.9 Å². The molecular formula is C30H48N2O15. The number of amides is 2. The Morgan fingerprint density at radius 1 is 0.787 bits per heavy atom. The Morgan fingerprint density at radius 3 is 1.91 bits per heavy atom. The minimum absolute atomic E-state index is 0.0469. The standard InChI is InChI=1S/C30H48N2O15/c33-14-19-22(36)24(38)26(40)28(46-19)44-12-10-18(16-45-29-27(41)25(39)23(37)20(15-34)47-29)31-21(35)9-5-2-6-11-32(30(42)43)13-17-7-3-1-4-8-17/h1,3-4,7-8,18-20,22-29,33-34,36-41H,2,5-6,9-16H2,(H,31,35)(H,42,43)/t18-,19+,20+,22+,23+,24-,25-,26-,27-,28-,29-/m0/s1. The Kier molecular flexibility index (Phi) is 16.1. The second kappa shape index (κ2) is 19.5. The lowest BCUT2D eigenvalue weighted by Gasteiger charge is -2.40. The Bertz CT molecular complexity index is 1070. The summed E-state index contributed by atoms with van der Waals surface area (Å²) in [5.74, 6) is -0.375. The van der Waals surface area contributed by atoms with Gasteiger partial charge in [-0.25, -0.2) is 4.79 Å². The van der Waals surface area contributed by atoms with Gasteiger partial charge in [0.2, 0.25) is 5.91 Å². The first-order chi connectivity index (χ1) is 22.5. The minimum atomic E-state index is -1.67. The summed E-state index contributed by atoms with van der Waals surface area (Å²) in [7, 11) is 0. The van der Waals surface area contributed by atoms with Crippen molar-refractivity contribution in [3.63, 3.8) is 0 Å². The average molecular weight is 677 g/mol. The normalized spacial score (nSPS) is 31.7. The Labute approximate surface area is 271 Å². The molecule has 0 radical (unpaired) electrons. The van der Waals surface area contributed by atoms with Crippen molar-refractivity contribution in [3.05, 3.63) is 35.9 Å². The molecule has 17 nitrogen and oxygen atoms in total.